The second-order valence-corrected chi connectivity index (χ2v) is 6.22. The molecule has 0 aliphatic carbocycles. The molecule has 1 fully saturated rings. The Hall–Kier alpha value is -0.430. The van der Waals surface area contributed by atoms with Gasteiger partial charge in [0.1, 0.15) is 0 Å². The van der Waals surface area contributed by atoms with Crippen LogP contribution < -0.4 is 0 Å². The molecule has 17 heavy (non-hydrogen) atoms. The molecule has 1 aliphatic heterocycles. The van der Waals surface area contributed by atoms with Crippen LogP contribution in [-0.4, -0.2) is 54.9 Å². The minimum absolute atomic E-state index is 0.0552. The first-order valence-electron chi connectivity index (χ1n) is 6.03. The van der Waals surface area contributed by atoms with E-state index in [4.69, 9.17) is 5.11 Å². The van der Waals surface area contributed by atoms with Crippen LogP contribution in [0.2, 0.25) is 0 Å². The average molecular weight is 262 g/mol. The molecule has 0 saturated carbocycles. The molecular formula is C11H22N2O3S. The Bertz CT molecular complexity index is 343. The van der Waals surface area contributed by atoms with Gasteiger partial charge in [0.15, 0.2) is 0 Å². The first-order chi connectivity index (χ1) is 8.06. The molecule has 0 aromatic carbocycles. The van der Waals surface area contributed by atoms with Crippen LogP contribution in [0.15, 0.2) is 12.7 Å². The Morgan fingerprint density at radius 2 is 2.29 bits per heavy atom. The Kier molecular flexibility index (Phi) is 5.58. The van der Waals surface area contributed by atoms with Gasteiger partial charge in [-0.25, -0.2) is 0 Å². The number of aliphatic hydroxyl groups excluding tert-OH is 1. The molecule has 5 nitrogen and oxygen atoms in total. The number of hydrogen-bond donors (Lipinski definition) is 1. The van der Waals surface area contributed by atoms with Gasteiger partial charge in [-0.05, 0) is 18.8 Å². The summed E-state index contributed by atoms with van der Waals surface area (Å²) in [6.07, 6.45) is 3.31. The van der Waals surface area contributed by atoms with E-state index in [1.807, 2.05) is 6.92 Å². The van der Waals surface area contributed by atoms with Gasteiger partial charge in [0.05, 0.1) is 0 Å². The van der Waals surface area contributed by atoms with Crippen molar-refractivity contribution in [2.24, 2.45) is 5.92 Å². The minimum atomic E-state index is -3.40. The summed E-state index contributed by atoms with van der Waals surface area (Å²) in [5.41, 5.74) is 0. The molecule has 1 rings (SSSR count). The summed E-state index contributed by atoms with van der Waals surface area (Å²) in [5.74, 6) is 0.0703. The van der Waals surface area contributed by atoms with Crippen molar-refractivity contribution in [1.29, 1.82) is 0 Å². The number of nitrogens with zero attached hydrogens (tertiary/aromatic N) is 2. The summed E-state index contributed by atoms with van der Waals surface area (Å²) in [5, 5.41) is 9.12. The van der Waals surface area contributed by atoms with Crippen molar-refractivity contribution in [3.63, 3.8) is 0 Å². The van der Waals surface area contributed by atoms with Gasteiger partial charge in [0, 0.05) is 32.8 Å². The molecule has 0 spiro atoms. The van der Waals surface area contributed by atoms with E-state index in [0.717, 1.165) is 12.8 Å². The predicted octanol–water partition coefficient (Wildman–Crippen LogP) is 0.443. The average Bonchev–Trinajstić information content (AvgIpc) is 2.35. The summed E-state index contributed by atoms with van der Waals surface area (Å²) < 4.78 is 27.5. The largest absolute Gasteiger partial charge is 0.396 e. The number of aliphatic hydroxyl groups is 1. The third-order valence-electron chi connectivity index (χ3n) is 3.08. The summed E-state index contributed by atoms with van der Waals surface area (Å²) in [7, 11) is -3.40. The topological polar surface area (TPSA) is 60.9 Å². The monoisotopic (exact) mass is 262 g/mol. The zero-order valence-electron chi connectivity index (χ0n) is 10.4. The molecular weight excluding hydrogens is 240 g/mol. The van der Waals surface area contributed by atoms with E-state index in [-0.39, 0.29) is 12.5 Å². The zero-order chi connectivity index (χ0) is 12.9. The quantitative estimate of drug-likeness (QED) is 0.707. The molecule has 1 N–H and O–H groups in total. The molecule has 6 heteroatoms. The Labute approximate surface area is 104 Å². The van der Waals surface area contributed by atoms with Crippen molar-refractivity contribution in [3.8, 4) is 0 Å². The van der Waals surface area contributed by atoms with E-state index in [0.29, 0.717) is 26.2 Å². The Morgan fingerprint density at radius 3 is 2.82 bits per heavy atom. The summed E-state index contributed by atoms with van der Waals surface area (Å²) in [6, 6.07) is 0. The number of likely N-dealkylation sites (N-methyl/N-ethyl adjacent to an activating group) is 1. The second kappa shape index (κ2) is 6.49. The van der Waals surface area contributed by atoms with Gasteiger partial charge in [0.25, 0.3) is 10.2 Å². The van der Waals surface area contributed by atoms with Crippen molar-refractivity contribution in [2.75, 3.05) is 32.8 Å². The fourth-order valence-electron chi connectivity index (χ4n) is 2.08. The highest BCUT2D eigenvalue weighted by atomic mass is 32.2. The maximum Gasteiger partial charge on any atom is 0.282 e. The van der Waals surface area contributed by atoms with Crippen molar-refractivity contribution in [2.45, 2.75) is 19.8 Å². The third kappa shape index (κ3) is 3.51. The maximum absolute atomic E-state index is 12.3. The van der Waals surface area contributed by atoms with Crippen molar-refractivity contribution < 1.29 is 13.5 Å². The Morgan fingerprint density at radius 1 is 1.59 bits per heavy atom. The van der Waals surface area contributed by atoms with E-state index in [2.05, 4.69) is 6.58 Å². The van der Waals surface area contributed by atoms with Crippen LogP contribution in [0.4, 0.5) is 0 Å². The summed E-state index contributed by atoms with van der Waals surface area (Å²) in [4.78, 5) is 0. The van der Waals surface area contributed by atoms with Gasteiger partial charge in [-0.2, -0.15) is 17.0 Å². The summed E-state index contributed by atoms with van der Waals surface area (Å²) in [6.45, 7) is 7.19. The fraction of sp³-hybridized carbons (Fsp3) is 0.818. The van der Waals surface area contributed by atoms with E-state index in [1.54, 1.807) is 6.08 Å². The number of rotatable bonds is 6. The predicted molar refractivity (Wildman–Crippen MR) is 67.7 cm³/mol. The van der Waals surface area contributed by atoms with E-state index in [9.17, 15) is 8.42 Å². The van der Waals surface area contributed by atoms with Crippen LogP contribution in [0.1, 0.15) is 19.8 Å². The normalized spacial score (nSPS) is 22.9. The minimum Gasteiger partial charge on any atom is -0.396 e. The first-order valence-corrected chi connectivity index (χ1v) is 7.42. The lowest BCUT2D eigenvalue weighted by Gasteiger charge is -2.34. The van der Waals surface area contributed by atoms with Crippen LogP contribution >= 0.6 is 0 Å². The highest BCUT2D eigenvalue weighted by Crippen LogP contribution is 2.20. The van der Waals surface area contributed by atoms with Crippen molar-refractivity contribution in [1.82, 2.24) is 8.61 Å². The standard InChI is InChI=1S/C11H22N2O3S/c1-3-7-12(4-2)17(15,16)13-8-5-6-11(9-13)10-14/h3,11,14H,1,4-10H2,2H3. The van der Waals surface area contributed by atoms with Gasteiger partial charge >= 0.3 is 0 Å². The molecule has 0 aromatic rings. The van der Waals surface area contributed by atoms with Crippen LogP contribution in [0.5, 0.6) is 0 Å². The molecule has 0 bridgehead atoms. The van der Waals surface area contributed by atoms with E-state index < -0.39 is 10.2 Å². The molecule has 0 amide bonds. The fourth-order valence-corrected chi connectivity index (χ4v) is 3.78. The van der Waals surface area contributed by atoms with Gasteiger partial charge in [-0.1, -0.05) is 13.0 Å². The van der Waals surface area contributed by atoms with Crippen LogP contribution in [0.25, 0.3) is 0 Å². The number of hydrogen-bond acceptors (Lipinski definition) is 3. The Balaban J connectivity index is 2.77. The summed E-state index contributed by atoms with van der Waals surface area (Å²) >= 11 is 0. The van der Waals surface area contributed by atoms with Crippen LogP contribution in [0, 0.1) is 5.92 Å². The van der Waals surface area contributed by atoms with E-state index >= 15 is 0 Å². The third-order valence-corrected chi connectivity index (χ3v) is 5.12. The lowest BCUT2D eigenvalue weighted by molar-refractivity contribution is 0.161. The van der Waals surface area contributed by atoms with Gasteiger partial charge in [-0.3, -0.25) is 0 Å². The van der Waals surface area contributed by atoms with Crippen molar-refractivity contribution in [3.05, 3.63) is 12.7 Å². The van der Waals surface area contributed by atoms with E-state index in [1.165, 1.54) is 8.61 Å². The van der Waals surface area contributed by atoms with Gasteiger partial charge in [0.2, 0.25) is 0 Å². The first kappa shape index (κ1) is 14.6. The molecule has 1 unspecified atom stereocenters. The maximum atomic E-state index is 12.3. The molecule has 100 valence electrons. The molecule has 1 saturated heterocycles. The van der Waals surface area contributed by atoms with Gasteiger partial charge in [-0.15, -0.1) is 6.58 Å². The van der Waals surface area contributed by atoms with Gasteiger partial charge < -0.3 is 5.11 Å². The smallest absolute Gasteiger partial charge is 0.282 e. The highest BCUT2D eigenvalue weighted by Gasteiger charge is 2.32. The van der Waals surface area contributed by atoms with Crippen LogP contribution in [-0.2, 0) is 10.2 Å². The van der Waals surface area contributed by atoms with Crippen molar-refractivity contribution >= 4 is 10.2 Å². The molecule has 1 atom stereocenters. The molecule has 1 aliphatic rings. The van der Waals surface area contributed by atoms with Crippen LogP contribution in [0.3, 0.4) is 0 Å². The zero-order valence-corrected chi connectivity index (χ0v) is 11.2. The SMILES string of the molecule is C=CCN(CC)S(=O)(=O)N1CCCC(CO)C1. The molecule has 1 heterocycles. The molecule has 0 aromatic heterocycles. The lowest BCUT2D eigenvalue weighted by Crippen LogP contribution is -2.48. The lowest BCUT2D eigenvalue weighted by atomic mass is 10.0. The highest BCUT2D eigenvalue weighted by molar-refractivity contribution is 7.86. The second-order valence-electron chi connectivity index (χ2n) is 4.30. The molecule has 0 radical (unpaired) electrons. The number of piperidine rings is 1.